The predicted octanol–water partition coefficient (Wildman–Crippen LogP) is 0.533. The smallest absolute Gasteiger partial charge is 0.380 e. The molecule has 0 fully saturated rings. The zero-order valence-corrected chi connectivity index (χ0v) is 12.1. The molecule has 0 saturated carbocycles. The van der Waals surface area contributed by atoms with Crippen LogP contribution in [-0.2, 0) is 11.1 Å². The van der Waals surface area contributed by atoms with Crippen molar-refractivity contribution in [2.45, 2.75) is 11.8 Å². The monoisotopic (exact) mass is 322 g/mol. The lowest BCUT2D eigenvalue weighted by Crippen LogP contribution is -2.26. The molecule has 3 aromatic rings. The number of rotatable bonds is 4. The van der Waals surface area contributed by atoms with Crippen molar-refractivity contribution in [3.05, 3.63) is 46.6 Å². The minimum Gasteiger partial charge on any atom is -0.380 e. The first-order valence-electron chi connectivity index (χ1n) is 6.04. The summed E-state index contributed by atoms with van der Waals surface area (Å²) in [6.07, 6.45) is 0. The van der Waals surface area contributed by atoms with Crippen LogP contribution in [0.15, 0.2) is 49.1 Å². The zero-order chi connectivity index (χ0) is 15.7. The van der Waals surface area contributed by atoms with Crippen molar-refractivity contribution >= 4 is 16.9 Å². The summed E-state index contributed by atoms with van der Waals surface area (Å²) in [5.74, 6) is -0.699. The molecule has 1 atom stereocenters. The number of aromatic nitrogens is 3. The predicted molar refractivity (Wildman–Crippen MR) is 74.8 cm³/mol. The molecule has 2 heterocycles. The third kappa shape index (κ3) is 2.39. The first-order valence-corrected chi connectivity index (χ1v) is 7.12. The topological polar surface area (TPSA) is 126 Å². The van der Waals surface area contributed by atoms with Crippen LogP contribution in [0.4, 0.5) is 5.82 Å². The molecule has 9 nitrogen and oxygen atoms in total. The minimum absolute atomic E-state index is 0.0483. The molecule has 1 aromatic carbocycles. The van der Waals surface area contributed by atoms with Crippen molar-refractivity contribution in [2.75, 3.05) is 5.73 Å². The summed E-state index contributed by atoms with van der Waals surface area (Å²) in [6.45, 7) is 1.52. The fourth-order valence-electron chi connectivity index (χ4n) is 1.75. The van der Waals surface area contributed by atoms with Gasteiger partial charge in [0.15, 0.2) is 16.5 Å². The quantitative estimate of drug-likeness (QED) is 0.737. The van der Waals surface area contributed by atoms with Crippen LogP contribution in [0.3, 0.4) is 0 Å². The maximum absolute atomic E-state index is 12.2. The molecule has 0 aliphatic rings. The zero-order valence-electron chi connectivity index (χ0n) is 11.3. The fraction of sp³-hybridized carbons (Fsp3) is 0.0833. The van der Waals surface area contributed by atoms with Gasteiger partial charge in [0.05, 0.1) is 0 Å². The van der Waals surface area contributed by atoms with E-state index in [0.717, 1.165) is 0 Å². The molecule has 0 bridgehead atoms. The standard InChI is InChI=1S/C12H10N4O5S/c1-7-9(10(13)14-19-7)22(18)21-16-11(15-20-12(16)17)8-5-3-2-4-6-8/h2-6H,1H3,(H2,13,14). The van der Waals surface area contributed by atoms with E-state index in [4.69, 9.17) is 14.5 Å². The van der Waals surface area contributed by atoms with Crippen LogP contribution in [0.2, 0.25) is 0 Å². The van der Waals surface area contributed by atoms with Crippen LogP contribution in [-0.4, -0.2) is 19.3 Å². The summed E-state index contributed by atoms with van der Waals surface area (Å²) in [7, 11) is 0. The van der Waals surface area contributed by atoms with Gasteiger partial charge in [-0.25, -0.2) is 9.00 Å². The maximum Gasteiger partial charge on any atom is 0.476 e. The average molecular weight is 322 g/mol. The van der Waals surface area contributed by atoms with Gasteiger partial charge in [-0.2, -0.15) is 0 Å². The van der Waals surface area contributed by atoms with E-state index in [0.29, 0.717) is 10.3 Å². The first-order chi connectivity index (χ1) is 10.6. The van der Waals surface area contributed by atoms with Crippen LogP contribution in [0.25, 0.3) is 11.4 Å². The second-order valence-electron chi connectivity index (χ2n) is 4.19. The average Bonchev–Trinajstić information content (AvgIpc) is 3.03. The molecule has 0 aliphatic carbocycles. The van der Waals surface area contributed by atoms with Gasteiger partial charge in [0.1, 0.15) is 0 Å². The maximum atomic E-state index is 12.2. The lowest BCUT2D eigenvalue weighted by Gasteiger charge is -2.04. The third-order valence-corrected chi connectivity index (χ3v) is 3.86. The van der Waals surface area contributed by atoms with Crippen LogP contribution < -0.4 is 15.8 Å². The van der Waals surface area contributed by atoms with Gasteiger partial charge in [-0.1, -0.05) is 45.4 Å². The number of aryl methyl sites for hydroxylation is 1. The minimum atomic E-state index is -2.12. The van der Waals surface area contributed by atoms with E-state index in [1.807, 2.05) is 0 Å². The van der Waals surface area contributed by atoms with Crippen LogP contribution in [0.5, 0.6) is 0 Å². The van der Waals surface area contributed by atoms with Gasteiger partial charge in [-0.3, -0.25) is 8.81 Å². The van der Waals surface area contributed by atoms with Crippen molar-refractivity contribution in [2.24, 2.45) is 0 Å². The van der Waals surface area contributed by atoms with Crippen LogP contribution >= 0.6 is 0 Å². The van der Waals surface area contributed by atoms with E-state index in [1.165, 1.54) is 6.92 Å². The number of nitrogens with zero attached hydrogens (tertiary/aromatic N) is 3. The number of anilines is 1. The molecule has 0 radical (unpaired) electrons. The highest BCUT2D eigenvalue weighted by Gasteiger charge is 2.23. The highest BCUT2D eigenvalue weighted by Crippen LogP contribution is 2.20. The van der Waals surface area contributed by atoms with E-state index in [1.54, 1.807) is 30.3 Å². The molecule has 1 unspecified atom stereocenters. The van der Waals surface area contributed by atoms with Gasteiger partial charge in [0.2, 0.25) is 5.82 Å². The normalized spacial score (nSPS) is 12.2. The molecule has 2 N–H and O–H groups in total. The second kappa shape index (κ2) is 5.48. The Morgan fingerprint density at radius 2 is 1.95 bits per heavy atom. The summed E-state index contributed by atoms with van der Waals surface area (Å²) in [5.41, 5.74) is 6.11. The van der Waals surface area contributed by atoms with Gasteiger partial charge in [-0.05, 0) is 6.92 Å². The van der Waals surface area contributed by atoms with Crippen molar-refractivity contribution in [1.82, 2.24) is 15.0 Å². The molecular weight excluding hydrogens is 312 g/mol. The summed E-state index contributed by atoms with van der Waals surface area (Å²) >= 11 is -2.12. The Balaban J connectivity index is 1.99. The highest BCUT2D eigenvalue weighted by atomic mass is 32.2. The van der Waals surface area contributed by atoms with Gasteiger partial charge < -0.3 is 10.3 Å². The van der Waals surface area contributed by atoms with Crippen molar-refractivity contribution < 1.29 is 17.5 Å². The SMILES string of the molecule is Cc1onc(N)c1S(=O)On1c(-c2ccccc2)noc1=O. The molecular formula is C12H10N4O5S. The molecule has 0 spiro atoms. The van der Waals surface area contributed by atoms with Gasteiger partial charge >= 0.3 is 5.76 Å². The first kappa shape index (κ1) is 14.1. The Kier molecular flexibility index (Phi) is 3.51. The number of nitrogen functional groups attached to an aromatic ring is 1. The lowest BCUT2D eigenvalue weighted by atomic mass is 10.2. The van der Waals surface area contributed by atoms with Crippen LogP contribution in [0.1, 0.15) is 5.76 Å². The molecule has 0 saturated heterocycles. The Morgan fingerprint density at radius 1 is 1.23 bits per heavy atom. The highest BCUT2D eigenvalue weighted by molar-refractivity contribution is 7.80. The van der Waals surface area contributed by atoms with Gasteiger partial charge in [-0.15, -0.1) is 0 Å². The van der Waals surface area contributed by atoms with E-state index in [9.17, 15) is 9.00 Å². The lowest BCUT2D eigenvalue weighted by molar-refractivity contribution is 0.262. The van der Waals surface area contributed by atoms with Gasteiger partial charge in [0, 0.05) is 5.56 Å². The summed E-state index contributed by atoms with van der Waals surface area (Å²) in [5, 5.41) is 7.08. The largest absolute Gasteiger partial charge is 0.476 e. The molecule has 0 amide bonds. The summed E-state index contributed by atoms with van der Waals surface area (Å²) in [6, 6.07) is 8.68. The van der Waals surface area contributed by atoms with Crippen molar-refractivity contribution in [3.63, 3.8) is 0 Å². The molecule has 10 heteroatoms. The number of hydrogen-bond acceptors (Lipinski definition) is 8. The molecule has 22 heavy (non-hydrogen) atoms. The number of nitrogens with two attached hydrogens (primary N) is 1. The molecule has 2 aromatic heterocycles. The Labute approximate surface area is 125 Å². The number of hydrogen-bond donors (Lipinski definition) is 1. The van der Waals surface area contributed by atoms with Gasteiger partial charge in [0.25, 0.3) is 11.1 Å². The second-order valence-corrected chi connectivity index (χ2v) is 5.22. The Bertz CT molecular complexity index is 863. The van der Waals surface area contributed by atoms with E-state index < -0.39 is 16.8 Å². The third-order valence-electron chi connectivity index (χ3n) is 2.74. The molecule has 114 valence electrons. The Hall–Kier alpha value is -2.88. The Morgan fingerprint density at radius 3 is 2.59 bits per heavy atom. The molecule has 3 rings (SSSR count). The summed E-state index contributed by atoms with van der Waals surface area (Å²) < 4.78 is 27.4. The summed E-state index contributed by atoms with van der Waals surface area (Å²) in [4.78, 5) is 11.7. The fourth-order valence-corrected chi connectivity index (χ4v) is 2.58. The van der Waals surface area contributed by atoms with Crippen LogP contribution in [0, 0.1) is 6.92 Å². The number of benzene rings is 1. The van der Waals surface area contributed by atoms with E-state index in [-0.39, 0.29) is 22.3 Å². The van der Waals surface area contributed by atoms with E-state index in [2.05, 4.69) is 14.8 Å². The van der Waals surface area contributed by atoms with Crippen molar-refractivity contribution in [3.8, 4) is 11.4 Å². The van der Waals surface area contributed by atoms with E-state index >= 15 is 0 Å². The molecule has 0 aliphatic heterocycles. The van der Waals surface area contributed by atoms with Crippen molar-refractivity contribution in [1.29, 1.82) is 0 Å².